The van der Waals surface area contributed by atoms with E-state index in [2.05, 4.69) is 19.2 Å². The largest absolute Gasteiger partial charge is 0.313 e. The van der Waals surface area contributed by atoms with Crippen molar-refractivity contribution in [3.05, 3.63) is 0 Å². The summed E-state index contributed by atoms with van der Waals surface area (Å²) in [4.78, 5) is 0. The van der Waals surface area contributed by atoms with Crippen molar-refractivity contribution in [2.24, 2.45) is 5.92 Å². The van der Waals surface area contributed by atoms with Crippen LogP contribution in [0.3, 0.4) is 0 Å². The summed E-state index contributed by atoms with van der Waals surface area (Å²) in [5, 5.41) is 2.73. The van der Waals surface area contributed by atoms with Gasteiger partial charge in [-0.2, -0.15) is 0 Å². The van der Waals surface area contributed by atoms with Crippen molar-refractivity contribution in [3.8, 4) is 0 Å². The first-order valence-corrected chi connectivity index (χ1v) is 8.30. The molecule has 17 heavy (non-hydrogen) atoms. The Morgan fingerprint density at radius 3 is 2.00 bits per heavy atom. The van der Waals surface area contributed by atoms with Crippen LogP contribution in [0.4, 0.5) is 0 Å². The lowest BCUT2D eigenvalue weighted by Crippen LogP contribution is -2.40. The summed E-state index contributed by atoms with van der Waals surface area (Å²) in [6.07, 6.45) is 2.21. The van der Waals surface area contributed by atoms with Crippen LogP contribution in [0.5, 0.6) is 0 Å². The van der Waals surface area contributed by atoms with Gasteiger partial charge in [-0.3, -0.25) is 0 Å². The highest BCUT2D eigenvalue weighted by molar-refractivity contribution is 7.92. The Balaban J connectivity index is 4.35. The summed E-state index contributed by atoms with van der Waals surface area (Å²) >= 11 is 0. The highest BCUT2D eigenvalue weighted by atomic mass is 32.2. The first kappa shape index (κ1) is 16.9. The average molecular weight is 263 g/mol. The first-order chi connectivity index (χ1) is 7.73. The maximum atomic E-state index is 12.2. The second kappa shape index (κ2) is 7.37. The van der Waals surface area contributed by atoms with Gasteiger partial charge < -0.3 is 5.32 Å². The molecule has 0 fully saturated rings. The van der Waals surface area contributed by atoms with Gasteiger partial charge in [-0.1, -0.05) is 27.2 Å². The molecule has 4 heteroatoms. The topological polar surface area (TPSA) is 46.2 Å². The van der Waals surface area contributed by atoms with Crippen molar-refractivity contribution in [3.63, 3.8) is 0 Å². The van der Waals surface area contributed by atoms with E-state index in [1.165, 1.54) is 0 Å². The van der Waals surface area contributed by atoms with Gasteiger partial charge in [0.2, 0.25) is 0 Å². The summed E-state index contributed by atoms with van der Waals surface area (Å²) < 4.78 is 24.4. The van der Waals surface area contributed by atoms with E-state index < -0.39 is 9.84 Å². The fraction of sp³-hybridized carbons (Fsp3) is 1.00. The van der Waals surface area contributed by atoms with Gasteiger partial charge in [0, 0.05) is 12.6 Å². The molecule has 0 rings (SSSR count). The second-order valence-electron chi connectivity index (χ2n) is 5.45. The van der Waals surface area contributed by atoms with Gasteiger partial charge in [0.05, 0.1) is 10.5 Å². The van der Waals surface area contributed by atoms with E-state index in [0.717, 1.165) is 12.8 Å². The van der Waals surface area contributed by atoms with Gasteiger partial charge >= 0.3 is 0 Å². The number of rotatable bonds is 8. The van der Waals surface area contributed by atoms with Crippen LogP contribution in [0, 0.1) is 5.92 Å². The monoisotopic (exact) mass is 263 g/mol. The van der Waals surface area contributed by atoms with E-state index >= 15 is 0 Å². The molecule has 0 radical (unpaired) electrons. The fourth-order valence-electron chi connectivity index (χ4n) is 1.76. The number of hydrogen-bond acceptors (Lipinski definition) is 3. The summed E-state index contributed by atoms with van der Waals surface area (Å²) in [5.41, 5.74) is 0. The molecular formula is C13H29NO2S. The molecule has 0 aromatic rings. The Morgan fingerprint density at radius 2 is 1.59 bits per heavy atom. The van der Waals surface area contributed by atoms with E-state index in [0.29, 0.717) is 12.6 Å². The minimum Gasteiger partial charge on any atom is -0.313 e. The van der Waals surface area contributed by atoms with Crippen LogP contribution in [0.1, 0.15) is 54.4 Å². The average Bonchev–Trinajstić information content (AvgIpc) is 2.24. The molecule has 0 amide bonds. The fourth-order valence-corrected chi connectivity index (χ4v) is 3.58. The Labute approximate surface area is 107 Å². The Hall–Kier alpha value is -0.0900. The van der Waals surface area contributed by atoms with Crippen LogP contribution in [0.2, 0.25) is 0 Å². The Bertz CT molecular complexity index is 299. The van der Waals surface area contributed by atoms with E-state index in [-0.39, 0.29) is 16.4 Å². The van der Waals surface area contributed by atoms with E-state index in [1.807, 2.05) is 20.8 Å². The van der Waals surface area contributed by atoms with Crippen molar-refractivity contribution < 1.29 is 8.42 Å². The van der Waals surface area contributed by atoms with Gasteiger partial charge in [-0.15, -0.1) is 0 Å². The zero-order valence-corrected chi connectivity index (χ0v) is 13.0. The molecule has 3 unspecified atom stereocenters. The number of hydrogen-bond donors (Lipinski definition) is 1. The van der Waals surface area contributed by atoms with Crippen LogP contribution < -0.4 is 5.32 Å². The third kappa shape index (κ3) is 5.38. The van der Waals surface area contributed by atoms with Crippen molar-refractivity contribution in [1.29, 1.82) is 0 Å². The summed E-state index contributed by atoms with van der Waals surface area (Å²) in [6.45, 7) is 12.3. The number of sulfone groups is 1. The molecule has 0 aromatic carbocycles. The van der Waals surface area contributed by atoms with E-state index in [1.54, 1.807) is 6.92 Å². The highest BCUT2D eigenvalue weighted by Crippen LogP contribution is 2.16. The standard InChI is InChI=1S/C13H29NO2S/c1-7-8-11(4)14-9-12(5)17(15,16)13(6)10(2)3/h10-14H,7-9H2,1-6H3. The molecule has 0 bridgehead atoms. The molecule has 0 heterocycles. The third-order valence-electron chi connectivity index (χ3n) is 3.49. The van der Waals surface area contributed by atoms with Crippen molar-refractivity contribution >= 4 is 9.84 Å². The van der Waals surface area contributed by atoms with E-state index in [9.17, 15) is 8.42 Å². The molecule has 3 nitrogen and oxygen atoms in total. The quantitative estimate of drug-likeness (QED) is 0.732. The van der Waals surface area contributed by atoms with Gasteiger partial charge in [-0.25, -0.2) is 8.42 Å². The predicted octanol–water partition coefficient (Wildman–Crippen LogP) is 2.61. The third-order valence-corrected chi connectivity index (χ3v) is 6.36. The Morgan fingerprint density at radius 1 is 1.06 bits per heavy atom. The van der Waals surface area contributed by atoms with E-state index in [4.69, 9.17) is 0 Å². The maximum Gasteiger partial charge on any atom is 0.156 e. The van der Waals surface area contributed by atoms with Crippen molar-refractivity contribution in [2.75, 3.05) is 6.54 Å². The Kier molecular flexibility index (Phi) is 7.33. The maximum absolute atomic E-state index is 12.2. The highest BCUT2D eigenvalue weighted by Gasteiger charge is 2.29. The molecule has 0 aliphatic heterocycles. The number of nitrogens with one attached hydrogen (secondary N) is 1. The van der Waals surface area contributed by atoms with Gasteiger partial charge in [0.1, 0.15) is 0 Å². The lowest BCUT2D eigenvalue weighted by molar-refractivity contribution is 0.491. The van der Waals surface area contributed by atoms with Gasteiger partial charge in [0.15, 0.2) is 9.84 Å². The molecule has 104 valence electrons. The van der Waals surface area contributed by atoms with Crippen LogP contribution in [-0.2, 0) is 9.84 Å². The molecule has 0 saturated heterocycles. The second-order valence-corrected chi connectivity index (χ2v) is 8.17. The van der Waals surface area contributed by atoms with Crippen LogP contribution in [0.25, 0.3) is 0 Å². The molecule has 1 N–H and O–H groups in total. The van der Waals surface area contributed by atoms with Gasteiger partial charge in [-0.05, 0) is 33.1 Å². The molecule has 0 saturated carbocycles. The minimum atomic E-state index is -3.01. The zero-order valence-electron chi connectivity index (χ0n) is 12.2. The lowest BCUT2D eigenvalue weighted by Gasteiger charge is -2.23. The van der Waals surface area contributed by atoms with Crippen molar-refractivity contribution in [2.45, 2.75) is 70.9 Å². The molecule has 0 spiro atoms. The predicted molar refractivity (Wildman–Crippen MR) is 75.1 cm³/mol. The van der Waals surface area contributed by atoms with Crippen LogP contribution in [0.15, 0.2) is 0 Å². The minimum absolute atomic E-state index is 0.176. The first-order valence-electron chi connectivity index (χ1n) is 6.69. The van der Waals surface area contributed by atoms with Crippen LogP contribution in [-0.4, -0.2) is 31.5 Å². The molecule has 0 aliphatic rings. The lowest BCUT2D eigenvalue weighted by atomic mass is 10.2. The summed E-state index contributed by atoms with van der Waals surface area (Å²) in [5.74, 6) is 0.176. The van der Waals surface area contributed by atoms with Gasteiger partial charge in [0.25, 0.3) is 0 Å². The van der Waals surface area contributed by atoms with Crippen LogP contribution >= 0.6 is 0 Å². The zero-order chi connectivity index (χ0) is 13.6. The van der Waals surface area contributed by atoms with Crippen molar-refractivity contribution in [1.82, 2.24) is 5.32 Å². The summed E-state index contributed by atoms with van der Waals surface area (Å²) in [6, 6.07) is 0.395. The molecule has 3 atom stereocenters. The summed E-state index contributed by atoms with van der Waals surface area (Å²) in [7, 11) is -3.01. The SMILES string of the molecule is CCCC(C)NCC(C)S(=O)(=O)C(C)C(C)C. The normalized spacial score (nSPS) is 18.1. The molecular weight excluding hydrogens is 234 g/mol. The molecule has 0 aliphatic carbocycles. The molecule has 0 aromatic heterocycles. The smallest absolute Gasteiger partial charge is 0.156 e.